The Morgan fingerprint density at radius 2 is 1.38 bits per heavy atom. The Balaban J connectivity index is 3.51. The van der Waals surface area contributed by atoms with Crippen LogP contribution in [0.2, 0.25) is 0 Å². The van der Waals surface area contributed by atoms with Gasteiger partial charge in [0.15, 0.2) is 17.6 Å². The first-order valence-electron chi connectivity index (χ1n) is 6.92. The van der Waals surface area contributed by atoms with Gasteiger partial charge in [0.2, 0.25) is 19.5 Å². The molecule has 0 bridgehead atoms. The topological polar surface area (TPSA) is 94.4 Å². The summed E-state index contributed by atoms with van der Waals surface area (Å²) < 4.78 is -4.53. The molecule has 1 aromatic rings. The minimum absolute atomic E-state index is 0.157. The number of aromatic nitrogens is 3. The number of thioether (sulfide) groups is 1. The second-order valence-electron chi connectivity index (χ2n) is 6.06. The average Bonchev–Trinajstić information content (AvgIpc) is 2.43. The van der Waals surface area contributed by atoms with Crippen molar-refractivity contribution in [3.8, 4) is 0 Å². The zero-order valence-corrected chi connectivity index (χ0v) is 19.4. The number of rotatable bonds is 5. The second kappa shape index (κ2) is 8.97. The molecule has 0 saturated heterocycles. The summed E-state index contributed by atoms with van der Waals surface area (Å²) in [5.41, 5.74) is -0.388. The summed E-state index contributed by atoms with van der Waals surface area (Å²) in [6.07, 6.45) is -2.14. The Kier molecular flexibility index (Phi) is 8.50. The molecule has 7 nitrogen and oxygen atoms in total. The molecule has 26 heavy (non-hydrogen) atoms. The Hall–Kier alpha value is 0.620. The van der Waals surface area contributed by atoms with Crippen molar-refractivity contribution < 1.29 is 10.2 Å². The molecule has 0 radical (unpaired) electrons. The quantitative estimate of drug-likeness (QED) is 0.313. The van der Waals surface area contributed by atoms with Gasteiger partial charge in [-0.1, -0.05) is 81.4 Å². The highest BCUT2D eigenvalue weighted by molar-refractivity contribution is 7.98. The maximum Gasteiger partial charge on any atom is 0.235 e. The lowest BCUT2D eigenvalue weighted by Crippen LogP contribution is -2.55. The minimum atomic E-state index is -2.26. The molecule has 0 aliphatic heterocycles. The highest BCUT2D eigenvalue weighted by Crippen LogP contribution is 2.40. The molecule has 14 heteroatoms. The van der Waals surface area contributed by atoms with Crippen LogP contribution in [0.3, 0.4) is 0 Å². The van der Waals surface area contributed by atoms with E-state index in [-0.39, 0.29) is 22.6 Å². The fourth-order valence-corrected chi connectivity index (χ4v) is 2.59. The van der Waals surface area contributed by atoms with Gasteiger partial charge in [-0.05, 0) is 27.0 Å². The molecule has 3 N–H and O–H groups in total. The van der Waals surface area contributed by atoms with Gasteiger partial charge in [0.1, 0.15) is 0 Å². The van der Waals surface area contributed by atoms with E-state index in [1.165, 1.54) is 11.8 Å². The van der Waals surface area contributed by atoms with Crippen molar-refractivity contribution >= 4 is 93.3 Å². The van der Waals surface area contributed by atoms with Crippen LogP contribution in [0, 0.1) is 0 Å². The van der Waals surface area contributed by atoms with E-state index < -0.39 is 20.0 Å². The maximum atomic E-state index is 10.4. The molecule has 1 heterocycles. The number of hydrogen-bond acceptors (Lipinski definition) is 8. The van der Waals surface area contributed by atoms with Crippen LogP contribution in [-0.2, 0) is 0 Å². The minimum Gasteiger partial charge on any atom is -0.369 e. The fourth-order valence-electron chi connectivity index (χ4n) is 1.61. The summed E-state index contributed by atoms with van der Waals surface area (Å²) in [4.78, 5) is 13.1. The lowest BCUT2D eigenvalue weighted by atomic mass is 10.1. The summed E-state index contributed by atoms with van der Waals surface area (Å²) >= 11 is 35.7. The van der Waals surface area contributed by atoms with Gasteiger partial charge in [-0.25, -0.2) is 0 Å². The standard InChI is InChI=1S/C12H17Cl6N5O2S/c1-10(2,3)22-7-19-8(21-9(20-7)26-4)23(5(24)11(13,14)15)6(25)12(16,17)18/h5-6,24-25H,1-4H3,(H,19,20,21,22). The number of alkyl halides is 6. The van der Waals surface area contributed by atoms with Crippen LogP contribution in [0.5, 0.6) is 0 Å². The molecule has 150 valence electrons. The first kappa shape index (κ1) is 24.7. The molecule has 0 fully saturated rings. The summed E-state index contributed by atoms with van der Waals surface area (Å²) in [7, 11) is 0. The molecular formula is C12H17Cl6N5O2S. The SMILES string of the molecule is CSc1nc(NC(C)(C)C)nc(N(C(O)C(Cl)(Cl)Cl)C(O)C(Cl)(Cl)Cl)n1. The van der Waals surface area contributed by atoms with Crippen molar-refractivity contribution in [3.63, 3.8) is 0 Å². The van der Waals surface area contributed by atoms with Crippen molar-refractivity contribution in [1.29, 1.82) is 0 Å². The van der Waals surface area contributed by atoms with Gasteiger partial charge in [-0.3, -0.25) is 4.90 Å². The highest BCUT2D eigenvalue weighted by atomic mass is 35.6. The predicted molar refractivity (Wildman–Crippen MR) is 110 cm³/mol. The van der Waals surface area contributed by atoms with Crippen molar-refractivity contribution in [2.45, 2.75) is 51.5 Å². The molecule has 1 aromatic heterocycles. The monoisotopic (exact) mass is 505 g/mol. The number of anilines is 2. The van der Waals surface area contributed by atoms with Crippen LogP contribution in [-0.4, -0.2) is 57.0 Å². The van der Waals surface area contributed by atoms with Gasteiger partial charge in [0.25, 0.3) is 0 Å². The summed E-state index contributed by atoms with van der Waals surface area (Å²) in [5, 5.41) is 24.1. The first-order valence-corrected chi connectivity index (χ1v) is 10.4. The third-order valence-corrected chi connectivity index (χ3v) is 4.33. The first-order chi connectivity index (χ1) is 11.6. The van der Waals surface area contributed by atoms with E-state index in [2.05, 4.69) is 20.3 Å². The lowest BCUT2D eigenvalue weighted by molar-refractivity contribution is 0.0856. The fraction of sp³-hybridized carbons (Fsp3) is 0.750. The molecule has 0 spiro atoms. The lowest BCUT2D eigenvalue weighted by Gasteiger charge is -2.38. The van der Waals surface area contributed by atoms with Crippen LogP contribution >= 0.6 is 81.4 Å². The van der Waals surface area contributed by atoms with E-state index in [1.54, 1.807) is 6.26 Å². The van der Waals surface area contributed by atoms with Gasteiger partial charge in [0.05, 0.1) is 0 Å². The van der Waals surface area contributed by atoms with Crippen LogP contribution in [0.4, 0.5) is 11.9 Å². The third kappa shape index (κ3) is 7.22. The molecule has 2 unspecified atom stereocenters. The molecule has 0 aromatic carbocycles. The summed E-state index contributed by atoms with van der Waals surface area (Å²) in [6, 6.07) is 0. The molecule has 2 atom stereocenters. The molecule has 0 aliphatic rings. The summed E-state index contributed by atoms with van der Waals surface area (Å²) in [5.74, 6) is -0.0985. The number of aliphatic hydroxyl groups excluding tert-OH is 2. The van der Waals surface area contributed by atoms with Crippen LogP contribution in [0.25, 0.3) is 0 Å². The highest BCUT2D eigenvalue weighted by Gasteiger charge is 2.46. The maximum absolute atomic E-state index is 10.4. The van der Waals surface area contributed by atoms with E-state index in [4.69, 9.17) is 69.6 Å². The predicted octanol–water partition coefficient (Wildman–Crippen LogP) is 3.99. The number of halogens is 6. The number of nitrogens with one attached hydrogen (secondary N) is 1. The normalized spacial score (nSPS) is 15.5. The van der Waals surface area contributed by atoms with Gasteiger partial charge in [-0.2, -0.15) is 15.0 Å². The average molecular weight is 508 g/mol. The number of hydrogen-bond donors (Lipinski definition) is 3. The Morgan fingerprint density at radius 3 is 1.73 bits per heavy atom. The number of nitrogens with zero attached hydrogens (tertiary/aromatic N) is 4. The molecule has 0 aliphatic carbocycles. The molecule has 1 rings (SSSR count). The van der Waals surface area contributed by atoms with Gasteiger partial charge in [0, 0.05) is 5.54 Å². The Labute approximate surface area is 185 Å². The van der Waals surface area contributed by atoms with E-state index in [1.807, 2.05) is 20.8 Å². The van der Waals surface area contributed by atoms with E-state index >= 15 is 0 Å². The van der Waals surface area contributed by atoms with E-state index in [9.17, 15) is 10.2 Å². The molecule has 0 saturated carbocycles. The smallest absolute Gasteiger partial charge is 0.235 e. The van der Waals surface area contributed by atoms with Gasteiger partial charge >= 0.3 is 0 Å². The zero-order chi connectivity index (χ0) is 20.5. The second-order valence-corrected chi connectivity index (χ2v) is 11.6. The molecular weight excluding hydrogens is 491 g/mol. The van der Waals surface area contributed by atoms with E-state index in [0.717, 1.165) is 0 Å². The van der Waals surface area contributed by atoms with Crippen LogP contribution in [0.15, 0.2) is 5.16 Å². The largest absolute Gasteiger partial charge is 0.369 e. The van der Waals surface area contributed by atoms with Gasteiger partial charge in [-0.15, -0.1) is 0 Å². The number of aliphatic hydroxyl groups is 2. The van der Waals surface area contributed by atoms with Crippen LogP contribution in [0.1, 0.15) is 20.8 Å². The van der Waals surface area contributed by atoms with Crippen molar-refractivity contribution in [2.75, 3.05) is 16.5 Å². The third-order valence-electron chi connectivity index (χ3n) is 2.62. The zero-order valence-electron chi connectivity index (χ0n) is 14.0. The van der Waals surface area contributed by atoms with Gasteiger partial charge < -0.3 is 15.5 Å². The Bertz CT molecular complexity index is 602. The Morgan fingerprint density at radius 1 is 0.923 bits per heavy atom. The van der Waals surface area contributed by atoms with Crippen molar-refractivity contribution in [3.05, 3.63) is 0 Å². The van der Waals surface area contributed by atoms with E-state index in [0.29, 0.717) is 4.90 Å². The van der Waals surface area contributed by atoms with Crippen LogP contribution < -0.4 is 10.2 Å². The molecule has 0 amide bonds. The van der Waals surface area contributed by atoms with Crippen molar-refractivity contribution in [2.24, 2.45) is 0 Å². The summed E-state index contributed by atoms with van der Waals surface area (Å²) in [6.45, 7) is 5.66. The van der Waals surface area contributed by atoms with Crippen molar-refractivity contribution in [1.82, 2.24) is 15.0 Å².